The highest BCUT2D eigenvalue weighted by Gasteiger charge is 2.33. The lowest BCUT2D eigenvalue weighted by Crippen LogP contribution is -2.32. The maximum Gasteiger partial charge on any atom is 0.320 e. The van der Waals surface area contributed by atoms with E-state index in [2.05, 4.69) is 11.7 Å². The molecule has 15 heavy (non-hydrogen) atoms. The molecule has 2 amide bonds. The van der Waals surface area contributed by atoms with Crippen LogP contribution in [0, 0.1) is 0 Å². The lowest BCUT2D eigenvalue weighted by Gasteiger charge is -2.15. The number of amides is 2. The third-order valence-corrected chi connectivity index (χ3v) is 2.84. The molecule has 0 radical (unpaired) electrons. The Balaban J connectivity index is 2.44. The van der Waals surface area contributed by atoms with Crippen molar-refractivity contribution >= 4 is 12.0 Å². The van der Waals surface area contributed by atoms with Crippen molar-refractivity contribution in [2.24, 2.45) is 0 Å². The van der Waals surface area contributed by atoms with Crippen molar-refractivity contribution in [1.82, 2.24) is 9.80 Å². The number of carbonyl (C=O) groups is 2. The van der Waals surface area contributed by atoms with Crippen LogP contribution in [-0.2, 0) is 9.53 Å². The summed E-state index contributed by atoms with van der Waals surface area (Å²) in [6.07, 6.45) is 1.21. The first-order valence-corrected chi connectivity index (χ1v) is 5.18. The second kappa shape index (κ2) is 5.00. The van der Waals surface area contributed by atoms with E-state index >= 15 is 0 Å². The summed E-state index contributed by atoms with van der Waals surface area (Å²) in [5, 5.41) is 0. The van der Waals surface area contributed by atoms with Gasteiger partial charge in [-0.1, -0.05) is 6.92 Å². The van der Waals surface area contributed by atoms with Crippen LogP contribution in [0.2, 0.25) is 0 Å². The first-order chi connectivity index (χ1) is 7.10. The Morgan fingerprint density at radius 1 is 1.60 bits per heavy atom. The van der Waals surface area contributed by atoms with Gasteiger partial charge in [-0.3, -0.25) is 4.79 Å². The number of likely N-dealkylation sites (N-methyl/N-ethyl adjacent to an activating group) is 1. The number of urea groups is 1. The largest absolute Gasteiger partial charge is 0.469 e. The molecule has 86 valence electrons. The predicted octanol–water partition coefficient (Wildman–Crippen LogP) is 0.696. The number of ether oxygens (including phenoxy) is 1. The van der Waals surface area contributed by atoms with Gasteiger partial charge in [-0.05, 0) is 6.42 Å². The molecule has 1 rings (SSSR count). The minimum absolute atomic E-state index is 0.00533. The highest BCUT2D eigenvalue weighted by atomic mass is 16.5. The summed E-state index contributed by atoms with van der Waals surface area (Å²) in [5.74, 6) is -0.273. The van der Waals surface area contributed by atoms with Crippen LogP contribution in [0.4, 0.5) is 4.79 Å². The van der Waals surface area contributed by atoms with Crippen LogP contribution in [0.15, 0.2) is 0 Å². The van der Waals surface area contributed by atoms with Crippen LogP contribution >= 0.6 is 0 Å². The molecule has 0 aromatic heterocycles. The van der Waals surface area contributed by atoms with Crippen LogP contribution in [0.25, 0.3) is 0 Å². The Bertz CT molecular complexity index is 255. The monoisotopic (exact) mass is 214 g/mol. The quantitative estimate of drug-likeness (QED) is 0.647. The van der Waals surface area contributed by atoms with Crippen molar-refractivity contribution < 1.29 is 14.3 Å². The van der Waals surface area contributed by atoms with Crippen molar-refractivity contribution in [3.05, 3.63) is 0 Å². The van der Waals surface area contributed by atoms with Crippen LogP contribution in [0.3, 0.4) is 0 Å². The molecular formula is C10H18N2O3. The van der Waals surface area contributed by atoms with Gasteiger partial charge < -0.3 is 14.5 Å². The summed E-state index contributed by atoms with van der Waals surface area (Å²) < 4.78 is 4.53. The molecule has 1 atom stereocenters. The standard InChI is InChI=1S/C10H18N2O3/c1-4-8-7-12(10(14)11(8)2)6-5-9(13)15-3/h8H,4-7H2,1-3H3. The van der Waals surface area contributed by atoms with Crippen molar-refractivity contribution in [2.75, 3.05) is 27.2 Å². The van der Waals surface area contributed by atoms with Gasteiger partial charge in [-0.15, -0.1) is 0 Å². The van der Waals surface area contributed by atoms with E-state index in [0.717, 1.165) is 6.42 Å². The topological polar surface area (TPSA) is 49.9 Å². The lowest BCUT2D eigenvalue weighted by molar-refractivity contribution is -0.140. The summed E-state index contributed by atoms with van der Waals surface area (Å²) in [7, 11) is 3.16. The van der Waals surface area contributed by atoms with Gasteiger partial charge in [-0.25, -0.2) is 4.79 Å². The maximum absolute atomic E-state index is 11.7. The van der Waals surface area contributed by atoms with E-state index < -0.39 is 0 Å². The van der Waals surface area contributed by atoms with Crippen molar-refractivity contribution in [2.45, 2.75) is 25.8 Å². The molecule has 0 aliphatic carbocycles. The fourth-order valence-corrected chi connectivity index (χ4v) is 1.75. The smallest absolute Gasteiger partial charge is 0.320 e. The van der Waals surface area contributed by atoms with Crippen LogP contribution in [0.1, 0.15) is 19.8 Å². The van der Waals surface area contributed by atoms with Crippen LogP contribution in [-0.4, -0.2) is 55.1 Å². The summed E-state index contributed by atoms with van der Waals surface area (Å²) in [4.78, 5) is 26.0. The van der Waals surface area contributed by atoms with Gasteiger partial charge in [0.1, 0.15) is 0 Å². The summed E-state index contributed by atoms with van der Waals surface area (Å²) >= 11 is 0. The molecular weight excluding hydrogens is 196 g/mol. The summed E-state index contributed by atoms with van der Waals surface area (Å²) in [6, 6.07) is 0.279. The molecule has 1 aliphatic heterocycles. The van der Waals surface area contributed by atoms with Gasteiger partial charge in [-0.2, -0.15) is 0 Å². The Morgan fingerprint density at radius 2 is 2.27 bits per heavy atom. The van der Waals surface area contributed by atoms with Gasteiger partial charge in [0.25, 0.3) is 0 Å². The molecule has 0 spiro atoms. The van der Waals surface area contributed by atoms with E-state index in [4.69, 9.17) is 0 Å². The Hall–Kier alpha value is -1.26. The molecule has 0 saturated carbocycles. The molecule has 1 unspecified atom stereocenters. The molecule has 1 fully saturated rings. The fourth-order valence-electron chi connectivity index (χ4n) is 1.75. The average molecular weight is 214 g/mol. The minimum atomic E-state index is -0.273. The third-order valence-electron chi connectivity index (χ3n) is 2.84. The average Bonchev–Trinajstić information content (AvgIpc) is 2.52. The van der Waals surface area contributed by atoms with E-state index in [1.54, 1.807) is 16.8 Å². The Morgan fingerprint density at radius 3 is 2.73 bits per heavy atom. The van der Waals surface area contributed by atoms with Gasteiger partial charge in [0.15, 0.2) is 0 Å². The number of hydrogen-bond acceptors (Lipinski definition) is 3. The normalized spacial score (nSPS) is 21.0. The maximum atomic E-state index is 11.7. The molecule has 0 bridgehead atoms. The third kappa shape index (κ3) is 2.61. The number of nitrogens with zero attached hydrogens (tertiary/aromatic N) is 2. The van der Waals surface area contributed by atoms with Gasteiger partial charge in [0, 0.05) is 20.1 Å². The minimum Gasteiger partial charge on any atom is -0.469 e. The van der Waals surface area contributed by atoms with Crippen molar-refractivity contribution in [1.29, 1.82) is 0 Å². The van der Waals surface area contributed by atoms with E-state index in [1.165, 1.54) is 7.11 Å². The second-order valence-corrected chi connectivity index (χ2v) is 3.73. The first kappa shape index (κ1) is 11.8. The number of esters is 1. The lowest BCUT2D eigenvalue weighted by atomic mass is 10.2. The number of hydrogen-bond donors (Lipinski definition) is 0. The zero-order valence-corrected chi connectivity index (χ0v) is 9.52. The number of rotatable bonds is 4. The molecule has 0 aromatic carbocycles. The highest BCUT2D eigenvalue weighted by molar-refractivity contribution is 5.77. The number of methoxy groups -OCH3 is 1. The van der Waals surface area contributed by atoms with E-state index in [-0.39, 0.29) is 24.5 Å². The number of carbonyl (C=O) groups excluding carboxylic acids is 2. The van der Waals surface area contributed by atoms with E-state index in [9.17, 15) is 9.59 Å². The Kier molecular flexibility index (Phi) is 3.94. The van der Waals surface area contributed by atoms with Crippen LogP contribution in [0.5, 0.6) is 0 Å². The van der Waals surface area contributed by atoms with Crippen molar-refractivity contribution in [3.63, 3.8) is 0 Å². The molecule has 1 aliphatic rings. The van der Waals surface area contributed by atoms with E-state index in [0.29, 0.717) is 13.1 Å². The second-order valence-electron chi connectivity index (χ2n) is 3.73. The highest BCUT2D eigenvalue weighted by Crippen LogP contribution is 2.16. The van der Waals surface area contributed by atoms with Crippen LogP contribution < -0.4 is 0 Å². The van der Waals surface area contributed by atoms with Crippen molar-refractivity contribution in [3.8, 4) is 0 Å². The molecule has 0 N–H and O–H groups in total. The Labute approximate surface area is 90.0 Å². The SMILES string of the molecule is CCC1CN(CCC(=O)OC)C(=O)N1C. The molecule has 1 saturated heterocycles. The molecule has 1 heterocycles. The molecule has 0 aromatic rings. The zero-order valence-electron chi connectivity index (χ0n) is 9.52. The molecule has 5 heteroatoms. The fraction of sp³-hybridized carbons (Fsp3) is 0.800. The van der Waals surface area contributed by atoms with E-state index in [1.807, 2.05) is 0 Å². The van der Waals surface area contributed by atoms with Gasteiger partial charge >= 0.3 is 12.0 Å². The van der Waals surface area contributed by atoms with Gasteiger partial charge in [0.2, 0.25) is 0 Å². The summed E-state index contributed by atoms with van der Waals surface area (Å²) in [5.41, 5.74) is 0. The zero-order chi connectivity index (χ0) is 11.4. The predicted molar refractivity (Wildman–Crippen MR) is 55.4 cm³/mol. The first-order valence-electron chi connectivity index (χ1n) is 5.18. The van der Waals surface area contributed by atoms with Gasteiger partial charge in [0.05, 0.1) is 19.6 Å². The summed E-state index contributed by atoms with van der Waals surface area (Å²) in [6.45, 7) is 3.22. The molecule has 5 nitrogen and oxygen atoms in total.